The number of rotatable bonds is 7. The van der Waals surface area contributed by atoms with Crippen LogP contribution in [0.1, 0.15) is 18.4 Å². The lowest BCUT2D eigenvalue weighted by molar-refractivity contribution is -0.384. The highest BCUT2D eigenvalue weighted by atomic mass is 35.5. The van der Waals surface area contributed by atoms with Crippen LogP contribution in [-0.2, 0) is 20.9 Å². The minimum Gasteiger partial charge on any atom is -0.461 e. The number of carbonyl (C=O) groups excluding carboxylic acids is 2. The number of halogens is 1. The molecule has 2 aromatic rings. The van der Waals surface area contributed by atoms with E-state index >= 15 is 0 Å². The summed E-state index contributed by atoms with van der Waals surface area (Å²) in [6.07, 6.45) is -0.0753. The lowest BCUT2D eigenvalue weighted by Crippen LogP contribution is -2.14. The minimum absolute atomic E-state index is 0.00433. The van der Waals surface area contributed by atoms with E-state index in [0.29, 0.717) is 16.3 Å². The van der Waals surface area contributed by atoms with E-state index in [9.17, 15) is 19.7 Å². The van der Waals surface area contributed by atoms with Crippen LogP contribution in [-0.4, -0.2) is 16.8 Å². The van der Waals surface area contributed by atoms with Crippen LogP contribution in [0.2, 0.25) is 5.02 Å². The normalized spacial score (nSPS) is 10.1. The molecule has 0 saturated carbocycles. The first-order valence-electron chi connectivity index (χ1n) is 7.38. The van der Waals surface area contributed by atoms with Crippen molar-refractivity contribution in [2.24, 2.45) is 0 Å². The lowest BCUT2D eigenvalue weighted by Gasteiger charge is -2.06. The smallest absolute Gasteiger partial charge is 0.306 e. The Kier molecular flexibility index (Phi) is 6.47. The molecule has 2 rings (SSSR count). The Labute approximate surface area is 148 Å². The average Bonchev–Trinajstić information content (AvgIpc) is 2.60. The number of nitrogens with one attached hydrogen (secondary N) is 1. The summed E-state index contributed by atoms with van der Waals surface area (Å²) in [6.45, 7) is -0.00433. The fraction of sp³-hybridized carbons (Fsp3) is 0.176. The molecule has 130 valence electrons. The van der Waals surface area contributed by atoms with Crippen LogP contribution < -0.4 is 5.32 Å². The predicted octanol–water partition coefficient (Wildman–Crippen LogP) is 3.71. The summed E-state index contributed by atoms with van der Waals surface area (Å²) < 4.78 is 5.04. The number of carbonyl (C=O) groups is 2. The van der Waals surface area contributed by atoms with Gasteiger partial charge in [-0.15, -0.1) is 0 Å². The molecular weight excluding hydrogens is 348 g/mol. The Balaban J connectivity index is 1.72. The van der Waals surface area contributed by atoms with E-state index in [0.717, 1.165) is 0 Å². The number of ether oxygens (including phenoxy) is 1. The number of non-ortho nitro benzene ring substituents is 1. The van der Waals surface area contributed by atoms with E-state index in [4.69, 9.17) is 16.3 Å². The van der Waals surface area contributed by atoms with Crippen LogP contribution in [0, 0.1) is 10.1 Å². The number of nitrogens with zero attached hydrogens (tertiary/aromatic N) is 1. The van der Waals surface area contributed by atoms with Gasteiger partial charge in [-0.1, -0.05) is 11.6 Å². The third kappa shape index (κ3) is 6.23. The highest BCUT2D eigenvalue weighted by Gasteiger charge is 2.10. The largest absolute Gasteiger partial charge is 0.461 e. The summed E-state index contributed by atoms with van der Waals surface area (Å²) in [5.41, 5.74) is 1.19. The predicted molar refractivity (Wildman–Crippen MR) is 92.2 cm³/mol. The molecule has 25 heavy (non-hydrogen) atoms. The number of benzene rings is 2. The van der Waals surface area contributed by atoms with E-state index in [-0.39, 0.29) is 31.0 Å². The fourth-order valence-electron chi connectivity index (χ4n) is 1.92. The summed E-state index contributed by atoms with van der Waals surface area (Å²) in [4.78, 5) is 33.5. The number of esters is 1. The van der Waals surface area contributed by atoms with Crippen molar-refractivity contribution in [3.63, 3.8) is 0 Å². The summed E-state index contributed by atoms with van der Waals surface area (Å²) >= 11 is 5.75. The molecule has 0 aliphatic rings. The first kappa shape index (κ1) is 18.4. The number of nitro groups is 1. The van der Waals surface area contributed by atoms with E-state index in [1.165, 1.54) is 24.3 Å². The van der Waals surface area contributed by atoms with Gasteiger partial charge in [0.25, 0.3) is 5.69 Å². The zero-order valence-electron chi connectivity index (χ0n) is 13.1. The van der Waals surface area contributed by atoms with E-state index in [1.807, 2.05) is 0 Å². The molecule has 0 fully saturated rings. The molecule has 0 aliphatic carbocycles. The molecule has 0 bridgehead atoms. The van der Waals surface area contributed by atoms with Gasteiger partial charge in [-0.2, -0.15) is 0 Å². The number of hydrogen-bond acceptors (Lipinski definition) is 5. The van der Waals surface area contributed by atoms with Crippen molar-refractivity contribution in [1.29, 1.82) is 0 Å². The molecule has 2 aromatic carbocycles. The van der Waals surface area contributed by atoms with Crippen LogP contribution in [0.5, 0.6) is 0 Å². The van der Waals surface area contributed by atoms with Gasteiger partial charge in [0.2, 0.25) is 5.91 Å². The zero-order valence-corrected chi connectivity index (χ0v) is 13.9. The van der Waals surface area contributed by atoms with Gasteiger partial charge in [-0.25, -0.2) is 0 Å². The third-order valence-electron chi connectivity index (χ3n) is 3.23. The molecule has 1 N–H and O–H groups in total. The van der Waals surface area contributed by atoms with Gasteiger partial charge in [-0.05, 0) is 42.0 Å². The van der Waals surface area contributed by atoms with Gasteiger partial charge in [-0.3, -0.25) is 19.7 Å². The van der Waals surface area contributed by atoms with Crippen molar-refractivity contribution >= 4 is 34.9 Å². The van der Waals surface area contributed by atoms with Crippen molar-refractivity contribution in [3.05, 3.63) is 69.2 Å². The SMILES string of the molecule is O=C(CCC(=O)OCc1ccc([N+](=O)[O-])cc1)Nc1ccc(Cl)cc1. The molecule has 1 amide bonds. The first-order valence-corrected chi connectivity index (χ1v) is 7.76. The zero-order chi connectivity index (χ0) is 18.2. The topological polar surface area (TPSA) is 98.5 Å². The van der Waals surface area contributed by atoms with Gasteiger partial charge in [0.15, 0.2) is 0 Å². The highest BCUT2D eigenvalue weighted by Crippen LogP contribution is 2.14. The molecule has 0 aromatic heterocycles. The number of amides is 1. The second-order valence-corrected chi connectivity index (χ2v) is 5.58. The van der Waals surface area contributed by atoms with Gasteiger partial charge in [0.1, 0.15) is 6.61 Å². The molecule has 8 heteroatoms. The van der Waals surface area contributed by atoms with E-state index in [1.54, 1.807) is 24.3 Å². The van der Waals surface area contributed by atoms with Crippen LogP contribution in [0.4, 0.5) is 11.4 Å². The van der Waals surface area contributed by atoms with Crippen molar-refractivity contribution in [2.45, 2.75) is 19.4 Å². The first-order chi connectivity index (χ1) is 11.9. The van der Waals surface area contributed by atoms with Gasteiger partial charge in [0, 0.05) is 29.3 Å². The quantitative estimate of drug-likeness (QED) is 0.460. The maximum Gasteiger partial charge on any atom is 0.306 e. The van der Waals surface area contributed by atoms with Gasteiger partial charge < -0.3 is 10.1 Å². The summed E-state index contributed by atoms with van der Waals surface area (Å²) in [6, 6.07) is 12.3. The highest BCUT2D eigenvalue weighted by molar-refractivity contribution is 6.30. The molecule has 7 nitrogen and oxygen atoms in total. The van der Waals surface area contributed by atoms with E-state index in [2.05, 4.69) is 5.32 Å². The Morgan fingerprint density at radius 1 is 1.04 bits per heavy atom. The molecule has 0 aliphatic heterocycles. The molecule has 0 radical (unpaired) electrons. The molecule has 0 heterocycles. The molecule has 0 spiro atoms. The number of hydrogen-bond donors (Lipinski definition) is 1. The second-order valence-electron chi connectivity index (χ2n) is 5.14. The van der Waals surface area contributed by atoms with Gasteiger partial charge >= 0.3 is 5.97 Å². The molecule has 0 unspecified atom stereocenters. The summed E-state index contributed by atoms with van der Waals surface area (Å²) in [5.74, 6) is -0.834. The lowest BCUT2D eigenvalue weighted by atomic mass is 10.2. The van der Waals surface area contributed by atoms with Crippen molar-refractivity contribution in [3.8, 4) is 0 Å². The van der Waals surface area contributed by atoms with Crippen LogP contribution in [0.25, 0.3) is 0 Å². The fourth-order valence-corrected chi connectivity index (χ4v) is 2.05. The Morgan fingerprint density at radius 2 is 1.68 bits per heavy atom. The van der Waals surface area contributed by atoms with Crippen LogP contribution in [0.15, 0.2) is 48.5 Å². The van der Waals surface area contributed by atoms with Crippen LogP contribution >= 0.6 is 11.6 Å². The summed E-state index contributed by atoms with van der Waals surface area (Å²) in [5, 5.41) is 13.8. The molecule has 0 atom stereocenters. The Bertz CT molecular complexity index is 760. The number of nitro benzene ring substituents is 1. The molecule has 0 saturated heterocycles. The van der Waals surface area contributed by atoms with Crippen molar-refractivity contribution < 1.29 is 19.2 Å². The summed E-state index contributed by atoms with van der Waals surface area (Å²) in [7, 11) is 0. The van der Waals surface area contributed by atoms with E-state index < -0.39 is 10.9 Å². The maximum atomic E-state index is 11.8. The monoisotopic (exact) mass is 362 g/mol. The van der Waals surface area contributed by atoms with Gasteiger partial charge in [0.05, 0.1) is 11.3 Å². The average molecular weight is 363 g/mol. The van der Waals surface area contributed by atoms with Crippen LogP contribution in [0.3, 0.4) is 0 Å². The molecular formula is C17H15ClN2O5. The second kappa shape index (κ2) is 8.79. The third-order valence-corrected chi connectivity index (χ3v) is 3.48. The van der Waals surface area contributed by atoms with Crippen molar-refractivity contribution in [2.75, 3.05) is 5.32 Å². The standard InChI is InChI=1S/C17H15ClN2O5/c18-13-3-5-14(6-4-13)19-16(21)9-10-17(22)25-11-12-1-7-15(8-2-12)20(23)24/h1-8H,9-11H2,(H,19,21). The minimum atomic E-state index is -0.524. The van der Waals surface area contributed by atoms with Crippen molar-refractivity contribution in [1.82, 2.24) is 0 Å². The number of anilines is 1. The Hall–Kier alpha value is -2.93. The maximum absolute atomic E-state index is 11.8. The Morgan fingerprint density at radius 3 is 2.28 bits per heavy atom.